The molecule has 298 valence electrons. The third-order valence-electron chi connectivity index (χ3n) is 12.6. The first-order valence-electron chi connectivity index (χ1n) is 22.0. The van der Waals surface area contributed by atoms with Crippen LogP contribution in [0.3, 0.4) is 0 Å². The SMILES string of the molecule is CC.Cc1ccccc1N(c1ccc2ccccc2c1)C(C)c1ccc(-c2ccc3c(-c4ccc5cc6ccccc6cc5c4)c4ccccc4c(-c4ccccc4)c3c2)cc1. The Balaban J connectivity index is 0.00000226. The topological polar surface area (TPSA) is 3.24 Å². The second-order valence-corrected chi connectivity index (χ2v) is 16.2. The van der Waals surface area contributed by atoms with Gasteiger partial charge in [-0.05, 0) is 155 Å². The molecule has 11 aromatic rings. The van der Waals surface area contributed by atoms with Crippen LogP contribution in [0.15, 0.2) is 218 Å². The van der Waals surface area contributed by atoms with Crippen LogP contribution in [-0.2, 0) is 0 Å². The molecule has 1 unspecified atom stereocenters. The molecule has 0 amide bonds. The van der Waals surface area contributed by atoms with Gasteiger partial charge in [0.2, 0.25) is 0 Å². The number of anilines is 2. The highest BCUT2D eigenvalue weighted by atomic mass is 15.2. The zero-order chi connectivity index (χ0) is 42.2. The highest BCUT2D eigenvalue weighted by Crippen LogP contribution is 2.46. The van der Waals surface area contributed by atoms with E-state index in [-0.39, 0.29) is 6.04 Å². The van der Waals surface area contributed by atoms with Gasteiger partial charge in [-0.25, -0.2) is 0 Å². The lowest BCUT2D eigenvalue weighted by Crippen LogP contribution is -2.22. The summed E-state index contributed by atoms with van der Waals surface area (Å²) in [6.07, 6.45) is 0. The monoisotopic (exact) mass is 795 g/mol. The van der Waals surface area contributed by atoms with E-state index < -0.39 is 0 Å². The second-order valence-electron chi connectivity index (χ2n) is 16.2. The van der Waals surface area contributed by atoms with Gasteiger partial charge < -0.3 is 4.90 Å². The molecule has 11 aromatic carbocycles. The van der Waals surface area contributed by atoms with E-state index in [1.54, 1.807) is 0 Å². The lowest BCUT2D eigenvalue weighted by Gasteiger charge is -2.33. The van der Waals surface area contributed by atoms with Crippen LogP contribution in [0.25, 0.3) is 87.2 Å². The fraction of sp³-hybridized carbons (Fsp3) is 0.0820. The molecular weight excluding hydrogens is 747 g/mol. The van der Waals surface area contributed by atoms with E-state index in [0.717, 1.165) is 0 Å². The number of hydrogen-bond donors (Lipinski definition) is 0. The summed E-state index contributed by atoms with van der Waals surface area (Å²) in [6, 6.07) is 80.8. The molecule has 0 N–H and O–H groups in total. The minimum absolute atomic E-state index is 0.0939. The van der Waals surface area contributed by atoms with E-state index in [1.807, 2.05) is 13.8 Å². The van der Waals surface area contributed by atoms with E-state index in [0.29, 0.717) is 0 Å². The Labute approximate surface area is 365 Å². The molecule has 0 heterocycles. The Kier molecular flexibility index (Phi) is 10.3. The summed E-state index contributed by atoms with van der Waals surface area (Å²) in [4.78, 5) is 2.49. The highest BCUT2D eigenvalue weighted by Gasteiger charge is 2.22. The molecule has 0 aromatic heterocycles. The van der Waals surface area contributed by atoms with Crippen molar-refractivity contribution in [1.29, 1.82) is 0 Å². The van der Waals surface area contributed by atoms with Crippen molar-refractivity contribution in [3.05, 3.63) is 230 Å². The Morgan fingerprint density at radius 2 is 0.855 bits per heavy atom. The van der Waals surface area contributed by atoms with E-state index in [4.69, 9.17) is 0 Å². The largest absolute Gasteiger partial charge is 0.334 e. The number of hydrogen-bond acceptors (Lipinski definition) is 1. The van der Waals surface area contributed by atoms with Crippen molar-refractivity contribution in [2.24, 2.45) is 0 Å². The van der Waals surface area contributed by atoms with Crippen LogP contribution < -0.4 is 4.90 Å². The molecule has 0 aliphatic carbocycles. The van der Waals surface area contributed by atoms with Crippen molar-refractivity contribution in [3.63, 3.8) is 0 Å². The van der Waals surface area contributed by atoms with Gasteiger partial charge >= 0.3 is 0 Å². The summed E-state index contributed by atoms with van der Waals surface area (Å²) in [5.41, 5.74) is 12.3. The average Bonchev–Trinajstić information content (AvgIpc) is 3.33. The minimum atomic E-state index is 0.0939. The molecule has 0 saturated heterocycles. The normalized spacial score (nSPS) is 11.8. The fourth-order valence-electron chi connectivity index (χ4n) is 9.52. The van der Waals surface area contributed by atoms with E-state index in [2.05, 4.69) is 237 Å². The first-order valence-corrected chi connectivity index (χ1v) is 22.0. The van der Waals surface area contributed by atoms with Gasteiger partial charge in [-0.1, -0.05) is 190 Å². The maximum atomic E-state index is 2.49. The molecule has 0 bridgehead atoms. The predicted octanol–water partition coefficient (Wildman–Crippen LogP) is 17.7. The molecule has 1 atom stereocenters. The highest BCUT2D eigenvalue weighted by molar-refractivity contribution is 6.22. The van der Waals surface area contributed by atoms with E-state index in [1.165, 1.54) is 110 Å². The van der Waals surface area contributed by atoms with Gasteiger partial charge in [0.25, 0.3) is 0 Å². The number of para-hydroxylation sites is 1. The summed E-state index contributed by atoms with van der Waals surface area (Å²) in [5, 5.41) is 12.6. The molecule has 62 heavy (non-hydrogen) atoms. The second kappa shape index (κ2) is 16.5. The zero-order valence-electron chi connectivity index (χ0n) is 35.8. The first-order chi connectivity index (χ1) is 30.6. The summed E-state index contributed by atoms with van der Waals surface area (Å²) in [6.45, 7) is 8.53. The lowest BCUT2D eigenvalue weighted by molar-refractivity contribution is 0.772. The van der Waals surface area contributed by atoms with Gasteiger partial charge in [0.05, 0.1) is 6.04 Å². The molecule has 0 radical (unpaired) electrons. The van der Waals surface area contributed by atoms with Crippen LogP contribution in [0.4, 0.5) is 11.4 Å². The quantitative estimate of drug-likeness (QED) is 0.145. The maximum Gasteiger partial charge on any atom is 0.0563 e. The van der Waals surface area contributed by atoms with Crippen molar-refractivity contribution in [2.45, 2.75) is 33.7 Å². The van der Waals surface area contributed by atoms with Crippen LogP contribution in [0.1, 0.15) is 37.9 Å². The lowest BCUT2D eigenvalue weighted by atomic mass is 9.84. The molecule has 0 aliphatic heterocycles. The smallest absolute Gasteiger partial charge is 0.0563 e. The molecule has 0 saturated carbocycles. The first kappa shape index (κ1) is 38.7. The Morgan fingerprint density at radius 1 is 0.339 bits per heavy atom. The van der Waals surface area contributed by atoms with Gasteiger partial charge in [0, 0.05) is 11.4 Å². The third-order valence-corrected chi connectivity index (χ3v) is 12.6. The van der Waals surface area contributed by atoms with Crippen LogP contribution in [0, 0.1) is 6.92 Å². The molecule has 11 rings (SSSR count). The molecule has 0 fully saturated rings. The van der Waals surface area contributed by atoms with E-state index in [9.17, 15) is 0 Å². The molecule has 0 spiro atoms. The standard InChI is InChI=1S/C59H43N.C2H6/c1-39-14-6-13-23-57(39)60(52-32-30-42-15-7-8-20-47(42)37-52)40(2)41-24-26-43(27-25-41)49-31-33-55-56(38-49)58(44-16-4-3-5-17-44)53-21-11-12-22-54(53)59(55)50-29-28-48-34-45-18-9-10-19-46(45)35-51(48)36-50;1-2/h3-38,40H,1-2H3;1-2H3. The number of benzene rings is 11. The molecule has 1 nitrogen and oxygen atoms in total. The van der Waals surface area contributed by atoms with Crippen LogP contribution in [0.5, 0.6) is 0 Å². The Morgan fingerprint density at radius 3 is 1.56 bits per heavy atom. The van der Waals surface area contributed by atoms with E-state index >= 15 is 0 Å². The minimum Gasteiger partial charge on any atom is -0.334 e. The third kappa shape index (κ3) is 6.96. The van der Waals surface area contributed by atoms with Gasteiger partial charge in [-0.2, -0.15) is 0 Å². The molecule has 1 heteroatoms. The summed E-state index contributed by atoms with van der Waals surface area (Å²) >= 11 is 0. The Bertz CT molecular complexity index is 3400. The van der Waals surface area contributed by atoms with Gasteiger partial charge in [-0.3, -0.25) is 0 Å². The summed E-state index contributed by atoms with van der Waals surface area (Å²) in [7, 11) is 0. The zero-order valence-corrected chi connectivity index (χ0v) is 35.8. The van der Waals surface area contributed by atoms with Crippen molar-refractivity contribution >= 4 is 65.2 Å². The number of nitrogens with zero attached hydrogens (tertiary/aromatic N) is 1. The van der Waals surface area contributed by atoms with Crippen LogP contribution in [-0.4, -0.2) is 0 Å². The summed E-state index contributed by atoms with van der Waals surface area (Å²) < 4.78 is 0. The van der Waals surface area contributed by atoms with Crippen molar-refractivity contribution in [2.75, 3.05) is 4.90 Å². The maximum absolute atomic E-state index is 2.49. The van der Waals surface area contributed by atoms with Gasteiger partial charge in [0.1, 0.15) is 0 Å². The average molecular weight is 796 g/mol. The van der Waals surface area contributed by atoms with Gasteiger partial charge in [0.15, 0.2) is 0 Å². The number of aryl methyl sites for hydroxylation is 1. The van der Waals surface area contributed by atoms with Gasteiger partial charge in [-0.15, -0.1) is 0 Å². The Hall–Kier alpha value is -7.48. The molecular formula is C61H49N. The van der Waals surface area contributed by atoms with Crippen LogP contribution >= 0.6 is 0 Å². The summed E-state index contributed by atoms with van der Waals surface area (Å²) in [5.74, 6) is 0. The number of rotatable bonds is 7. The predicted molar refractivity (Wildman–Crippen MR) is 270 cm³/mol. The fourth-order valence-corrected chi connectivity index (χ4v) is 9.52. The molecule has 0 aliphatic rings. The van der Waals surface area contributed by atoms with Crippen molar-refractivity contribution < 1.29 is 0 Å². The number of fused-ring (bicyclic) bond motifs is 5. The van der Waals surface area contributed by atoms with Crippen molar-refractivity contribution in [3.8, 4) is 33.4 Å². The van der Waals surface area contributed by atoms with Crippen molar-refractivity contribution in [1.82, 2.24) is 0 Å². The van der Waals surface area contributed by atoms with Crippen LogP contribution in [0.2, 0.25) is 0 Å².